The molecule has 1 aromatic carbocycles. The summed E-state index contributed by atoms with van der Waals surface area (Å²) >= 11 is 0. The lowest BCUT2D eigenvalue weighted by Crippen LogP contribution is -2.27. The number of hydrogen-bond acceptors (Lipinski definition) is 3. The number of esters is 1. The third kappa shape index (κ3) is 2.84. The Hall–Kier alpha value is -2.27. The second kappa shape index (κ2) is 6.66. The van der Waals surface area contributed by atoms with Crippen LogP contribution in [0.5, 0.6) is 5.88 Å². The van der Waals surface area contributed by atoms with Crippen molar-refractivity contribution >= 4 is 16.7 Å². The Morgan fingerprint density at radius 1 is 1.14 bits per heavy atom. The number of carbonyl (C=O) groups is 1. The lowest BCUT2D eigenvalue weighted by atomic mass is 9.97. The first-order chi connectivity index (χ1) is 13.2. The molecule has 0 aromatic heterocycles. The van der Waals surface area contributed by atoms with E-state index in [9.17, 15) is 4.79 Å². The summed E-state index contributed by atoms with van der Waals surface area (Å²) in [5, 5.41) is 2.49. The number of hydrogen-bond donors (Lipinski definition) is 0. The van der Waals surface area contributed by atoms with Crippen LogP contribution in [0.4, 0.5) is 0 Å². The molecule has 1 aliphatic carbocycles. The van der Waals surface area contributed by atoms with Gasteiger partial charge in [-0.05, 0) is 57.6 Å². The Balaban J connectivity index is 2.07. The van der Waals surface area contributed by atoms with Gasteiger partial charge in [-0.3, -0.25) is 14.2 Å². The molecule has 0 saturated heterocycles. The van der Waals surface area contributed by atoms with E-state index in [0.717, 1.165) is 24.2 Å². The zero-order valence-electron chi connectivity index (χ0n) is 17.8. The SMILES string of the molecule is CCc1cc(C)cc2c(C)c3n4n(c(OC(=O)C(C)(C)C)c-3c12)CCOCC4. The summed E-state index contributed by atoms with van der Waals surface area (Å²) < 4.78 is 16.1. The molecule has 28 heavy (non-hydrogen) atoms. The van der Waals surface area contributed by atoms with Crippen molar-refractivity contribution in [3.05, 3.63) is 28.8 Å². The molecule has 0 spiro atoms. The van der Waals surface area contributed by atoms with Crippen LogP contribution in [0.2, 0.25) is 0 Å². The minimum Gasteiger partial charge on any atom is -0.407 e. The van der Waals surface area contributed by atoms with Gasteiger partial charge in [0.1, 0.15) is 0 Å². The van der Waals surface area contributed by atoms with E-state index in [0.29, 0.717) is 25.6 Å². The smallest absolute Gasteiger partial charge is 0.317 e. The molecule has 0 fully saturated rings. The summed E-state index contributed by atoms with van der Waals surface area (Å²) in [6.45, 7) is 14.9. The van der Waals surface area contributed by atoms with Crippen LogP contribution in [0.1, 0.15) is 44.4 Å². The Morgan fingerprint density at radius 3 is 2.46 bits per heavy atom. The van der Waals surface area contributed by atoms with E-state index in [-0.39, 0.29) is 5.97 Å². The van der Waals surface area contributed by atoms with E-state index in [1.54, 1.807) is 0 Å². The first-order valence-corrected chi connectivity index (χ1v) is 10.2. The standard InChI is InChI=1S/C23H30N2O3/c1-7-16-12-14(2)13-17-15(3)20-19(18(16)17)21(28-22(26)23(4,5)6)25-9-11-27-10-8-24(20)25/h12-13H,7-11H2,1-6H3. The van der Waals surface area contributed by atoms with Crippen molar-refractivity contribution in [2.45, 2.75) is 61.1 Å². The molecule has 2 heterocycles. The van der Waals surface area contributed by atoms with Crippen LogP contribution in [0, 0.1) is 19.3 Å². The van der Waals surface area contributed by atoms with Gasteiger partial charge in [-0.15, -0.1) is 0 Å². The Labute approximate surface area is 166 Å². The highest BCUT2D eigenvalue weighted by atomic mass is 16.5. The Bertz CT molecular complexity index is 1030. The van der Waals surface area contributed by atoms with Gasteiger partial charge in [0.05, 0.1) is 43.0 Å². The van der Waals surface area contributed by atoms with Crippen LogP contribution in [0.15, 0.2) is 12.1 Å². The van der Waals surface area contributed by atoms with Crippen LogP contribution in [0.25, 0.3) is 22.0 Å². The lowest BCUT2D eigenvalue weighted by Gasteiger charge is -2.18. The monoisotopic (exact) mass is 382 g/mol. The van der Waals surface area contributed by atoms with Gasteiger partial charge in [-0.25, -0.2) is 0 Å². The molecule has 5 nitrogen and oxygen atoms in total. The molecule has 5 heteroatoms. The van der Waals surface area contributed by atoms with Gasteiger partial charge in [0.2, 0.25) is 5.88 Å². The van der Waals surface area contributed by atoms with Gasteiger partial charge in [-0.1, -0.05) is 24.6 Å². The van der Waals surface area contributed by atoms with E-state index in [2.05, 4.69) is 42.3 Å². The molecule has 150 valence electrons. The Morgan fingerprint density at radius 2 is 1.82 bits per heavy atom. The Kier molecular flexibility index (Phi) is 4.53. The topological polar surface area (TPSA) is 45.4 Å². The molecule has 1 aromatic rings. The molecule has 2 aliphatic heterocycles. The van der Waals surface area contributed by atoms with Crippen LogP contribution in [0.3, 0.4) is 0 Å². The fourth-order valence-corrected chi connectivity index (χ4v) is 4.26. The fourth-order valence-electron chi connectivity index (χ4n) is 4.26. The van der Waals surface area contributed by atoms with Crippen molar-refractivity contribution in [2.24, 2.45) is 5.41 Å². The summed E-state index contributed by atoms with van der Waals surface area (Å²) in [7, 11) is 0. The number of rotatable bonds is 2. The van der Waals surface area contributed by atoms with Crippen molar-refractivity contribution in [2.75, 3.05) is 13.2 Å². The molecular formula is C23H30N2O3. The van der Waals surface area contributed by atoms with Crippen molar-refractivity contribution in [1.29, 1.82) is 0 Å². The van der Waals surface area contributed by atoms with E-state index >= 15 is 0 Å². The molecule has 0 radical (unpaired) electrons. The number of aryl methyl sites for hydroxylation is 3. The second-order valence-corrected chi connectivity index (χ2v) is 8.85. The minimum absolute atomic E-state index is 0.211. The normalized spacial score (nSPS) is 15.1. The molecule has 0 saturated carbocycles. The van der Waals surface area contributed by atoms with Crippen molar-refractivity contribution in [3.63, 3.8) is 0 Å². The van der Waals surface area contributed by atoms with Crippen molar-refractivity contribution < 1.29 is 14.3 Å². The summed E-state index contributed by atoms with van der Waals surface area (Å²) in [5.74, 6) is 0.453. The maximum atomic E-state index is 12.8. The predicted octanol–water partition coefficient (Wildman–Crippen LogP) is 4.71. The van der Waals surface area contributed by atoms with Crippen LogP contribution in [-0.4, -0.2) is 28.5 Å². The van der Waals surface area contributed by atoms with Crippen LogP contribution in [-0.2, 0) is 29.0 Å². The first kappa shape index (κ1) is 19.1. The van der Waals surface area contributed by atoms with Gasteiger partial charge in [0.15, 0.2) is 0 Å². The fraction of sp³-hybridized carbons (Fsp3) is 0.522. The molecule has 4 rings (SSSR count). The van der Waals surface area contributed by atoms with E-state index < -0.39 is 5.41 Å². The zero-order chi connectivity index (χ0) is 20.2. The molecule has 0 amide bonds. The number of fused-ring (bicyclic) bond motifs is 5. The maximum Gasteiger partial charge on any atom is 0.317 e. The van der Waals surface area contributed by atoms with Crippen LogP contribution >= 0.6 is 0 Å². The molecule has 3 aliphatic rings. The summed E-state index contributed by atoms with van der Waals surface area (Å²) in [6.07, 6.45) is 0.942. The van der Waals surface area contributed by atoms with Crippen LogP contribution < -0.4 is 4.74 Å². The summed E-state index contributed by atoms with van der Waals surface area (Å²) in [6, 6.07) is 4.51. The van der Waals surface area contributed by atoms with Gasteiger partial charge in [-0.2, -0.15) is 0 Å². The third-order valence-corrected chi connectivity index (χ3v) is 5.69. The average Bonchev–Trinajstić information content (AvgIpc) is 2.94. The van der Waals surface area contributed by atoms with Gasteiger partial charge < -0.3 is 9.47 Å². The first-order valence-electron chi connectivity index (χ1n) is 10.2. The van der Waals surface area contributed by atoms with Gasteiger partial charge >= 0.3 is 5.97 Å². The number of carbonyl (C=O) groups excluding carboxylic acids is 1. The molecule has 0 unspecified atom stereocenters. The number of aromatic nitrogens is 2. The quantitative estimate of drug-likeness (QED) is 0.603. The number of ether oxygens (including phenoxy) is 2. The molecule has 0 N–H and O–H groups in total. The summed E-state index contributed by atoms with van der Waals surface area (Å²) in [5.41, 5.74) is 5.49. The van der Waals surface area contributed by atoms with Crippen molar-refractivity contribution in [1.82, 2.24) is 9.36 Å². The predicted molar refractivity (Wildman–Crippen MR) is 111 cm³/mol. The zero-order valence-corrected chi connectivity index (χ0v) is 17.8. The maximum absolute atomic E-state index is 12.8. The number of nitrogens with zero attached hydrogens (tertiary/aromatic N) is 2. The lowest BCUT2D eigenvalue weighted by molar-refractivity contribution is -0.143. The highest BCUT2D eigenvalue weighted by Crippen LogP contribution is 2.48. The van der Waals surface area contributed by atoms with E-state index in [1.165, 1.54) is 27.5 Å². The number of benzene rings is 1. The third-order valence-electron chi connectivity index (χ3n) is 5.69. The molecule has 0 atom stereocenters. The molecular weight excluding hydrogens is 352 g/mol. The summed E-state index contributed by atoms with van der Waals surface area (Å²) in [4.78, 5) is 12.8. The van der Waals surface area contributed by atoms with Gasteiger partial charge in [0.25, 0.3) is 0 Å². The van der Waals surface area contributed by atoms with E-state index in [1.807, 2.05) is 20.8 Å². The molecule has 0 bridgehead atoms. The van der Waals surface area contributed by atoms with E-state index in [4.69, 9.17) is 9.47 Å². The average molecular weight is 383 g/mol. The largest absolute Gasteiger partial charge is 0.407 e. The second-order valence-electron chi connectivity index (χ2n) is 8.85. The highest BCUT2D eigenvalue weighted by molar-refractivity contribution is 6.09. The minimum atomic E-state index is -0.565. The highest BCUT2D eigenvalue weighted by Gasteiger charge is 2.34. The van der Waals surface area contributed by atoms with Gasteiger partial charge in [0, 0.05) is 5.39 Å². The van der Waals surface area contributed by atoms with Crippen molar-refractivity contribution in [3.8, 4) is 17.1 Å².